The Morgan fingerprint density at radius 1 is 0.893 bits per heavy atom. The summed E-state index contributed by atoms with van der Waals surface area (Å²) in [5.41, 5.74) is 4.96. The smallest absolute Gasteiger partial charge is 0.267 e. The van der Waals surface area contributed by atoms with Crippen molar-refractivity contribution in [3.8, 4) is 0 Å². The van der Waals surface area contributed by atoms with Crippen molar-refractivity contribution in [3.05, 3.63) is 45.3 Å². The predicted octanol–water partition coefficient (Wildman–Crippen LogP) is 3.39. The molecule has 28 heavy (non-hydrogen) atoms. The zero-order chi connectivity index (χ0) is 18.9. The minimum atomic E-state index is 0.0816. The van der Waals surface area contributed by atoms with Crippen molar-refractivity contribution in [2.75, 3.05) is 5.32 Å². The molecule has 0 amide bonds. The Labute approximate surface area is 165 Å². The first-order valence-corrected chi connectivity index (χ1v) is 11.0. The molecule has 0 atom stereocenters. The predicted molar refractivity (Wildman–Crippen MR) is 109 cm³/mol. The molecule has 0 aromatic carbocycles. The van der Waals surface area contributed by atoms with Gasteiger partial charge in [-0.25, -0.2) is 14.6 Å². The lowest BCUT2D eigenvalue weighted by Gasteiger charge is -2.30. The van der Waals surface area contributed by atoms with Crippen LogP contribution in [0.1, 0.15) is 79.9 Å². The second-order valence-electron chi connectivity index (χ2n) is 8.61. The first-order chi connectivity index (χ1) is 13.8. The second-order valence-corrected chi connectivity index (χ2v) is 8.61. The summed E-state index contributed by atoms with van der Waals surface area (Å²) < 4.78 is 1.77. The Balaban J connectivity index is 1.27. The van der Waals surface area contributed by atoms with E-state index in [4.69, 9.17) is 5.10 Å². The molecular weight excluding hydrogens is 350 g/mol. The van der Waals surface area contributed by atoms with Crippen molar-refractivity contribution in [1.29, 1.82) is 0 Å². The Morgan fingerprint density at radius 2 is 1.71 bits per heavy atom. The first kappa shape index (κ1) is 17.8. The molecule has 1 N–H and O–H groups in total. The molecule has 1 saturated carbocycles. The number of aryl methyl sites for hydroxylation is 3. The van der Waals surface area contributed by atoms with Crippen LogP contribution >= 0.6 is 0 Å². The highest BCUT2D eigenvalue weighted by Gasteiger charge is 2.26. The molecule has 2 aromatic rings. The minimum Gasteiger partial charge on any atom is -0.367 e. The zero-order valence-corrected chi connectivity index (χ0v) is 16.5. The topological polar surface area (TPSA) is 72.7 Å². The molecule has 0 bridgehead atoms. The number of rotatable bonds is 3. The summed E-state index contributed by atoms with van der Waals surface area (Å²) in [6.07, 6.45) is 14.9. The van der Waals surface area contributed by atoms with Gasteiger partial charge in [-0.2, -0.15) is 5.10 Å². The number of nitrogens with zero attached hydrogens (tertiary/aromatic N) is 4. The fourth-order valence-corrected chi connectivity index (χ4v) is 5.16. The maximum atomic E-state index is 12.5. The molecule has 0 spiro atoms. The fourth-order valence-electron chi connectivity index (χ4n) is 5.16. The van der Waals surface area contributed by atoms with Crippen LogP contribution in [0.5, 0.6) is 0 Å². The number of hydrogen-bond donors (Lipinski definition) is 1. The van der Waals surface area contributed by atoms with E-state index in [0.29, 0.717) is 6.04 Å². The molecular formula is C22H29N5O. The van der Waals surface area contributed by atoms with Crippen molar-refractivity contribution >= 4 is 5.82 Å². The summed E-state index contributed by atoms with van der Waals surface area (Å²) in [5.74, 6) is 1.04. The number of fused-ring (bicyclic) bond motifs is 2. The van der Waals surface area contributed by atoms with Gasteiger partial charge in [0, 0.05) is 23.4 Å². The highest BCUT2D eigenvalue weighted by Crippen LogP contribution is 2.31. The van der Waals surface area contributed by atoms with Crippen molar-refractivity contribution in [2.45, 2.75) is 89.1 Å². The van der Waals surface area contributed by atoms with Crippen molar-refractivity contribution in [2.24, 2.45) is 0 Å². The molecule has 5 rings (SSSR count). The van der Waals surface area contributed by atoms with Crippen LogP contribution in [-0.4, -0.2) is 25.8 Å². The number of aromatic nitrogens is 4. The summed E-state index contributed by atoms with van der Waals surface area (Å²) >= 11 is 0. The van der Waals surface area contributed by atoms with E-state index in [1.54, 1.807) is 11.0 Å². The van der Waals surface area contributed by atoms with Crippen LogP contribution < -0.4 is 10.9 Å². The van der Waals surface area contributed by atoms with Gasteiger partial charge in [-0.05, 0) is 76.2 Å². The third-order valence-electron chi connectivity index (χ3n) is 6.74. The molecule has 6 heteroatoms. The molecule has 0 radical (unpaired) electrons. The van der Waals surface area contributed by atoms with E-state index in [0.717, 1.165) is 69.3 Å². The average molecular weight is 380 g/mol. The number of hydrogen-bond acceptors (Lipinski definition) is 5. The van der Waals surface area contributed by atoms with Crippen LogP contribution in [0, 0.1) is 0 Å². The van der Waals surface area contributed by atoms with Crippen LogP contribution in [0.4, 0.5) is 5.82 Å². The Morgan fingerprint density at radius 3 is 2.61 bits per heavy atom. The zero-order valence-electron chi connectivity index (χ0n) is 16.5. The molecule has 3 aliphatic rings. The number of nitrogens with one attached hydrogen (secondary N) is 1. The molecule has 3 aliphatic carbocycles. The highest BCUT2D eigenvalue weighted by atomic mass is 16.1. The minimum absolute atomic E-state index is 0.0816. The molecule has 0 unspecified atom stereocenters. The number of anilines is 1. The monoisotopic (exact) mass is 379 g/mol. The van der Waals surface area contributed by atoms with E-state index >= 15 is 0 Å². The maximum absolute atomic E-state index is 12.5. The summed E-state index contributed by atoms with van der Waals surface area (Å²) in [4.78, 5) is 21.6. The lowest BCUT2D eigenvalue weighted by atomic mass is 9.91. The van der Waals surface area contributed by atoms with Gasteiger partial charge in [0.05, 0.1) is 11.7 Å². The van der Waals surface area contributed by atoms with Crippen molar-refractivity contribution in [1.82, 2.24) is 19.7 Å². The summed E-state index contributed by atoms with van der Waals surface area (Å²) in [7, 11) is 0. The van der Waals surface area contributed by atoms with Gasteiger partial charge in [0.25, 0.3) is 5.56 Å². The van der Waals surface area contributed by atoms with Crippen molar-refractivity contribution in [3.63, 3.8) is 0 Å². The van der Waals surface area contributed by atoms with E-state index < -0.39 is 0 Å². The van der Waals surface area contributed by atoms with E-state index in [2.05, 4.69) is 15.3 Å². The molecule has 2 heterocycles. The van der Waals surface area contributed by atoms with Gasteiger partial charge in [-0.1, -0.05) is 6.42 Å². The van der Waals surface area contributed by atoms with Crippen LogP contribution in [0.25, 0.3) is 0 Å². The third-order valence-corrected chi connectivity index (χ3v) is 6.74. The van der Waals surface area contributed by atoms with E-state index in [1.807, 2.05) is 6.07 Å². The molecule has 0 aliphatic heterocycles. The molecule has 0 saturated heterocycles. The molecule has 1 fully saturated rings. The largest absolute Gasteiger partial charge is 0.367 e. The van der Waals surface area contributed by atoms with Gasteiger partial charge in [-0.15, -0.1) is 0 Å². The van der Waals surface area contributed by atoms with Gasteiger partial charge in [0.15, 0.2) is 0 Å². The summed E-state index contributed by atoms with van der Waals surface area (Å²) in [6, 6.07) is 2.48. The van der Waals surface area contributed by atoms with Gasteiger partial charge in [0.1, 0.15) is 12.1 Å². The quantitative estimate of drug-likeness (QED) is 0.828. The average Bonchev–Trinajstić information content (AvgIpc) is 3.02. The molecule has 2 aromatic heterocycles. The maximum Gasteiger partial charge on any atom is 0.267 e. The van der Waals surface area contributed by atoms with E-state index in [1.165, 1.54) is 36.1 Å². The van der Waals surface area contributed by atoms with Crippen LogP contribution in [0.2, 0.25) is 0 Å². The molecule has 148 valence electrons. The Bertz CT molecular complexity index is 914. The normalized spacial score (nSPS) is 24.3. The Kier molecular flexibility index (Phi) is 4.87. The van der Waals surface area contributed by atoms with Gasteiger partial charge in [0.2, 0.25) is 0 Å². The van der Waals surface area contributed by atoms with E-state index in [-0.39, 0.29) is 11.6 Å². The fraction of sp³-hybridized carbons (Fsp3) is 0.636. The first-order valence-electron chi connectivity index (χ1n) is 11.0. The second kappa shape index (κ2) is 7.64. The SMILES string of the molecule is O=c1cc2c(nn1C1CCC(Nc3ncnc4c3CCCCC4)CC1)CCC2. The summed E-state index contributed by atoms with van der Waals surface area (Å²) in [6.45, 7) is 0. The third kappa shape index (κ3) is 3.45. The highest BCUT2D eigenvalue weighted by molar-refractivity contribution is 5.47. The van der Waals surface area contributed by atoms with Gasteiger partial charge in [-0.3, -0.25) is 4.79 Å². The van der Waals surface area contributed by atoms with Gasteiger partial charge < -0.3 is 5.32 Å². The molecule has 6 nitrogen and oxygen atoms in total. The Hall–Kier alpha value is -2.24. The van der Waals surface area contributed by atoms with Gasteiger partial charge >= 0.3 is 0 Å². The lowest BCUT2D eigenvalue weighted by molar-refractivity contribution is 0.301. The van der Waals surface area contributed by atoms with Crippen molar-refractivity contribution < 1.29 is 0 Å². The van der Waals surface area contributed by atoms with Crippen LogP contribution in [0.15, 0.2) is 17.2 Å². The van der Waals surface area contributed by atoms with Crippen LogP contribution in [0.3, 0.4) is 0 Å². The standard InChI is InChI=1S/C22H29N5O/c28-21-13-15-5-4-8-19(15)26-27(21)17-11-9-16(10-12-17)25-22-18-6-2-1-3-7-20(18)23-14-24-22/h13-14,16-17H,1-12H2,(H,23,24,25). The lowest BCUT2D eigenvalue weighted by Crippen LogP contribution is -2.34. The summed E-state index contributed by atoms with van der Waals surface area (Å²) in [5, 5.41) is 8.42. The van der Waals surface area contributed by atoms with Crippen LogP contribution in [-0.2, 0) is 25.7 Å². The van der Waals surface area contributed by atoms with E-state index in [9.17, 15) is 4.79 Å².